The van der Waals surface area contributed by atoms with Crippen LogP contribution in [0.4, 0.5) is 0 Å². The van der Waals surface area contributed by atoms with Crippen LogP contribution in [0.3, 0.4) is 0 Å². The summed E-state index contributed by atoms with van der Waals surface area (Å²) in [5.74, 6) is 0.0977. The second kappa shape index (κ2) is 5.85. The molecule has 1 aliphatic heterocycles. The van der Waals surface area contributed by atoms with Crippen molar-refractivity contribution >= 4 is 23.3 Å². The Morgan fingerprint density at radius 1 is 0.885 bits per heavy atom. The monoisotopic (exact) mass is 362 g/mol. The smallest absolute Gasteiger partial charge is 0.228 e. The molecule has 0 radical (unpaired) electrons. The van der Waals surface area contributed by atoms with E-state index in [1.165, 1.54) is 0 Å². The number of ether oxygens (including phenoxy) is 1. The van der Waals surface area contributed by atoms with E-state index in [0.29, 0.717) is 22.5 Å². The van der Waals surface area contributed by atoms with Crippen LogP contribution in [0, 0.1) is 5.92 Å². The first-order valence-electron chi connectivity index (χ1n) is 9.05. The van der Waals surface area contributed by atoms with E-state index in [2.05, 4.69) is 12.1 Å². The summed E-state index contributed by atoms with van der Waals surface area (Å²) in [5.41, 5.74) is 1.59. The SMILES string of the molecule is O=C1C2=C(C(=O)c3ccccc31)[C@@H]1CCCC[C@]1(Sc1ccccc1)O2. The molecule has 1 saturated carbocycles. The van der Waals surface area contributed by atoms with Gasteiger partial charge in [0.15, 0.2) is 16.5 Å². The molecule has 2 aliphatic carbocycles. The van der Waals surface area contributed by atoms with Gasteiger partial charge >= 0.3 is 0 Å². The Morgan fingerprint density at radius 2 is 1.58 bits per heavy atom. The average Bonchev–Trinajstić information content (AvgIpc) is 3.02. The fourth-order valence-corrected chi connectivity index (χ4v) is 5.84. The van der Waals surface area contributed by atoms with E-state index in [0.717, 1.165) is 30.6 Å². The Balaban J connectivity index is 1.60. The van der Waals surface area contributed by atoms with Crippen LogP contribution in [0.25, 0.3) is 0 Å². The van der Waals surface area contributed by atoms with Crippen LogP contribution < -0.4 is 0 Å². The van der Waals surface area contributed by atoms with Gasteiger partial charge in [-0.3, -0.25) is 9.59 Å². The highest BCUT2D eigenvalue weighted by molar-refractivity contribution is 8.00. The van der Waals surface area contributed by atoms with Crippen LogP contribution in [0.5, 0.6) is 0 Å². The van der Waals surface area contributed by atoms with Gasteiger partial charge in [0.05, 0.1) is 5.57 Å². The van der Waals surface area contributed by atoms with Crippen LogP contribution in [0.1, 0.15) is 46.4 Å². The van der Waals surface area contributed by atoms with Crippen molar-refractivity contribution in [2.24, 2.45) is 5.92 Å². The first kappa shape index (κ1) is 15.9. The molecule has 26 heavy (non-hydrogen) atoms. The molecular formula is C22H18O3S. The van der Waals surface area contributed by atoms with Crippen molar-refractivity contribution in [3.8, 4) is 0 Å². The summed E-state index contributed by atoms with van der Waals surface area (Å²) in [6, 6.07) is 17.2. The number of Topliss-reactive ketones (excluding diaryl/α,β-unsaturated/α-hetero) is 2. The minimum Gasteiger partial charge on any atom is -0.471 e. The zero-order chi connectivity index (χ0) is 17.7. The molecule has 0 N–H and O–H groups in total. The number of rotatable bonds is 2. The van der Waals surface area contributed by atoms with Gasteiger partial charge in [-0.05, 0) is 31.4 Å². The largest absolute Gasteiger partial charge is 0.471 e. The van der Waals surface area contributed by atoms with Crippen molar-refractivity contribution in [3.63, 3.8) is 0 Å². The summed E-state index contributed by atoms with van der Waals surface area (Å²) in [6.45, 7) is 0. The Labute approximate surface area is 156 Å². The Bertz CT molecular complexity index is 947. The van der Waals surface area contributed by atoms with E-state index in [-0.39, 0.29) is 17.5 Å². The van der Waals surface area contributed by atoms with Gasteiger partial charge in [0, 0.05) is 21.9 Å². The van der Waals surface area contributed by atoms with Gasteiger partial charge in [0.25, 0.3) is 0 Å². The zero-order valence-corrected chi connectivity index (χ0v) is 15.1. The molecular weight excluding hydrogens is 344 g/mol. The lowest BCUT2D eigenvalue weighted by Crippen LogP contribution is -2.37. The molecule has 130 valence electrons. The van der Waals surface area contributed by atoms with E-state index < -0.39 is 4.93 Å². The molecule has 4 heteroatoms. The number of allylic oxidation sites excluding steroid dienone is 1. The lowest BCUT2D eigenvalue weighted by molar-refractivity contribution is 0.0434. The zero-order valence-electron chi connectivity index (χ0n) is 14.2. The Kier molecular flexibility index (Phi) is 3.57. The number of hydrogen-bond donors (Lipinski definition) is 0. The predicted molar refractivity (Wildman–Crippen MR) is 100 cm³/mol. The third-order valence-corrected chi connectivity index (χ3v) is 6.99. The summed E-state index contributed by atoms with van der Waals surface area (Å²) in [6.07, 6.45) is 3.85. The summed E-state index contributed by atoms with van der Waals surface area (Å²) in [7, 11) is 0. The third kappa shape index (κ3) is 2.21. The van der Waals surface area contributed by atoms with Crippen LogP contribution in [-0.2, 0) is 4.74 Å². The topological polar surface area (TPSA) is 43.4 Å². The fraction of sp³-hybridized carbons (Fsp3) is 0.273. The third-order valence-electron chi connectivity index (χ3n) is 5.57. The minimum atomic E-state index is -0.544. The quantitative estimate of drug-likeness (QED) is 0.752. The molecule has 3 nitrogen and oxygen atoms in total. The number of hydrogen-bond acceptors (Lipinski definition) is 4. The van der Waals surface area contributed by atoms with Gasteiger partial charge in [-0.1, -0.05) is 60.6 Å². The maximum atomic E-state index is 13.2. The summed E-state index contributed by atoms with van der Waals surface area (Å²) >= 11 is 1.66. The molecule has 5 rings (SSSR count). The molecule has 1 fully saturated rings. The van der Waals surface area contributed by atoms with Gasteiger partial charge in [-0.2, -0.15) is 0 Å². The van der Waals surface area contributed by atoms with Crippen LogP contribution >= 0.6 is 11.8 Å². The molecule has 2 aromatic carbocycles. The number of ketones is 2. The van der Waals surface area contributed by atoms with Gasteiger partial charge in [0.1, 0.15) is 0 Å². The normalized spacial score (nSPS) is 26.8. The number of carbonyl (C=O) groups excluding carboxylic acids is 2. The summed E-state index contributed by atoms with van der Waals surface area (Å²) in [5, 5.41) is 0. The van der Waals surface area contributed by atoms with Crippen molar-refractivity contribution in [3.05, 3.63) is 77.1 Å². The number of thioether (sulfide) groups is 1. The lowest BCUT2D eigenvalue weighted by atomic mass is 9.76. The lowest BCUT2D eigenvalue weighted by Gasteiger charge is -2.38. The van der Waals surface area contributed by atoms with Crippen molar-refractivity contribution in [2.45, 2.75) is 35.5 Å². The van der Waals surface area contributed by atoms with Crippen molar-refractivity contribution < 1.29 is 14.3 Å². The second-order valence-electron chi connectivity index (χ2n) is 7.07. The van der Waals surface area contributed by atoms with Crippen molar-refractivity contribution in [1.29, 1.82) is 0 Å². The van der Waals surface area contributed by atoms with Crippen LogP contribution in [-0.4, -0.2) is 16.5 Å². The summed E-state index contributed by atoms with van der Waals surface area (Å²) < 4.78 is 6.37. The van der Waals surface area contributed by atoms with Gasteiger partial charge in [-0.15, -0.1) is 0 Å². The molecule has 2 atom stereocenters. The van der Waals surface area contributed by atoms with E-state index in [9.17, 15) is 9.59 Å². The average molecular weight is 362 g/mol. The van der Waals surface area contributed by atoms with E-state index >= 15 is 0 Å². The molecule has 0 aromatic heterocycles. The fourth-order valence-electron chi connectivity index (χ4n) is 4.39. The maximum Gasteiger partial charge on any atom is 0.228 e. The molecule has 0 bridgehead atoms. The van der Waals surface area contributed by atoms with E-state index in [4.69, 9.17) is 4.74 Å². The highest BCUT2D eigenvalue weighted by Gasteiger charge is 2.56. The van der Waals surface area contributed by atoms with Gasteiger partial charge in [0.2, 0.25) is 5.78 Å². The first-order chi connectivity index (χ1) is 12.7. The highest BCUT2D eigenvalue weighted by atomic mass is 32.2. The predicted octanol–water partition coefficient (Wildman–Crippen LogP) is 5.03. The van der Waals surface area contributed by atoms with E-state index in [1.807, 2.05) is 24.3 Å². The van der Waals surface area contributed by atoms with Crippen LogP contribution in [0.2, 0.25) is 0 Å². The minimum absolute atomic E-state index is 0.0266. The molecule has 2 aromatic rings. The molecule has 0 spiro atoms. The number of fused-ring (bicyclic) bond motifs is 3. The van der Waals surface area contributed by atoms with Gasteiger partial charge < -0.3 is 4.74 Å². The van der Waals surface area contributed by atoms with Crippen molar-refractivity contribution in [1.82, 2.24) is 0 Å². The van der Waals surface area contributed by atoms with E-state index in [1.54, 1.807) is 30.0 Å². The highest BCUT2D eigenvalue weighted by Crippen LogP contribution is 2.58. The van der Waals surface area contributed by atoms with Crippen molar-refractivity contribution in [2.75, 3.05) is 0 Å². The number of benzene rings is 2. The standard InChI is InChI=1S/C22H18O3S/c23-19-15-10-4-5-11-16(15)20(24)21-18(19)17-12-6-7-13-22(17,25-21)26-14-8-2-1-3-9-14/h1-5,8-11,17H,6-7,12-13H2/t17-,22+/m0/s1. The van der Waals surface area contributed by atoms with Crippen LogP contribution in [0.15, 0.2) is 70.8 Å². The number of carbonyl (C=O) groups is 2. The molecule has 3 aliphatic rings. The first-order valence-corrected chi connectivity index (χ1v) is 9.87. The molecule has 0 amide bonds. The molecule has 0 saturated heterocycles. The van der Waals surface area contributed by atoms with Gasteiger partial charge in [-0.25, -0.2) is 0 Å². The second-order valence-corrected chi connectivity index (χ2v) is 8.44. The molecule has 0 unspecified atom stereocenters. The Morgan fingerprint density at radius 3 is 2.35 bits per heavy atom. The summed E-state index contributed by atoms with van der Waals surface area (Å²) in [4.78, 5) is 26.8. The molecule has 1 heterocycles. The maximum absolute atomic E-state index is 13.2. The Hall–Kier alpha value is -2.33.